The Balaban J connectivity index is 1.94. The van der Waals surface area contributed by atoms with Gasteiger partial charge in [-0.25, -0.2) is 0 Å². The summed E-state index contributed by atoms with van der Waals surface area (Å²) in [5.41, 5.74) is 2.13. The van der Waals surface area contributed by atoms with E-state index in [-0.39, 0.29) is 0 Å². The van der Waals surface area contributed by atoms with E-state index in [2.05, 4.69) is 9.88 Å². The third-order valence-electron chi connectivity index (χ3n) is 2.24. The Labute approximate surface area is 99.7 Å². The Morgan fingerprint density at radius 1 is 1.38 bits per heavy atom. The maximum atomic E-state index is 5.90. The second-order valence-electron chi connectivity index (χ2n) is 3.77. The molecular weight excluding hydrogens is 224 g/mol. The van der Waals surface area contributed by atoms with E-state index in [1.54, 1.807) is 24.8 Å². The van der Waals surface area contributed by atoms with Crippen molar-refractivity contribution in [3.8, 4) is 0 Å². The maximum Gasteiger partial charge on any atom is 0.0947 e. The first-order valence-corrected chi connectivity index (χ1v) is 5.42. The second kappa shape index (κ2) is 5.14. The van der Waals surface area contributed by atoms with Gasteiger partial charge in [0.1, 0.15) is 0 Å². The SMILES string of the molecule is CN(Cc1ccoc1)Cc1cc(Cl)ccn1. The van der Waals surface area contributed by atoms with Crippen LogP contribution in [0.2, 0.25) is 5.02 Å². The van der Waals surface area contributed by atoms with Gasteiger partial charge < -0.3 is 4.42 Å². The molecule has 0 spiro atoms. The van der Waals surface area contributed by atoms with Gasteiger partial charge in [-0.1, -0.05) is 11.6 Å². The number of pyridine rings is 1. The Kier molecular flexibility index (Phi) is 3.59. The van der Waals surface area contributed by atoms with Gasteiger partial charge in [0.2, 0.25) is 0 Å². The molecule has 0 radical (unpaired) electrons. The zero-order valence-electron chi connectivity index (χ0n) is 9.06. The summed E-state index contributed by atoms with van der Waals surface area (Å²) in [7, 11) is 2.04. The molecule has 2 rings (SSSR count). The highest BCUT2D eigenvalue weighted by molar-refractivity contribution is 6.30. The van der Waals surface area contributed by atoms with Crippen molar-refractivity contribution in [2.75, 3.05) is 7.05 Å². The van der Waals surface area contributed by atoms with E-state index in [9.17, 15) is 0 Å². The summed E-state index contributed by atoms with van der Waals surface area (Å²) in [6.45, 7) is 1.61. The highest BCUT2D eigenvalue weighted by Gasteiger charge is 2.04. The lowest BCUT2D eigenvalue weighted by atomic mass is 10.3. The van der Waals surface area contributed by atoms with E-state index < -0.39 is 0 Å². The number of hydrogen-bond donors (Lipinski definition) is 0. The number of aromatic nitrogens is 1. The van der Waals surface area contributed by atoms with E-state index >= 15 is 0 Å². The minimum absolute atomic E-state index is 0.724. The molecule has 0 aliphatic rings. The average Bonchev–Trinajstić information content (AvgIpc) is 2.70. The number of halogens is 1. The van der Waals surface area contributed by atoms with Gasteiger partial charge in [0, 0.05) is 29.9 Å². The lowest BCUT2D eigenvalue weighted by Gasteiger charge is -2.14. The van der Waals surface area contributed by atoms with Crippen LogP contribution in [0, 0.1) is 0 Å². The Morgan fingerprint density at radius 2 is 2.25 bits per heavy atom. The Hall–Kier alpha value is -1.32. The fraction of sp³-hybridized carbons (Fsp3) is 0.250. The van der Waals surface area contributed by atoms with Gasteiger partial charge in [-0.15, -0.1) is 0 Å². The molecule has 0 N–H and O–H groups in total. The van der Waals surface area contributed by atoms with Crippen LogP contribution in [0.15, 0.2) is 41.3 Å². The number of nitrogens with zero attached hydrogens (tertiary/aromatic N) is 2. The zero-order chi connectivity index (χ0) is 11.4. The molecule has 16 heavy (non-hydrogen) atoms. The highest BCUT2D eigenvalue weighted by atomic mass is 35.5. The van der Waals surface area contributed by atoms with Gasteiger partial charge in [-0.2, -0.15) is 0 Å². The molecule has 0 aliphatic carbocycles. The zero-order valence-corrected chi connectivity index (χ0v) is 9.81. The Morgan fingerprint density at radius 3 is 2.94 bits per heavy atom. The minimum atomic E-state index is 0.724. The lowest BCUT2D eigenvalue weighted by molar-refractivity contribution is 0.314. The van der Waals surface area contributed by atoms with E-state index in [4.69, 9.17) is 16.0 Å². The summed E-state index contributed by atoms with van der Waals surface area (Å²) in [5, 5.41) is 0.724. The van der Waals surface area contributed by atoms with Crippen LogP contribution in [0.25, 0.3) is 0 Å². The standard InChI is InChI=1S/C12H13ClN2O/c1-15(7-10-3-5-16-9-10)8-12-6-11(13)2-4-14-12/h2-6,9H,7-8H2,1H3. The largest absolute Gasteiger partial charge is 0.472 e. The smallest absolute Gasteiger partial charge is 0.0947 e. The summed E-state index contributed by atoms with van der Waals surface area (Å²) >= 11 is 5.90. The molecule has 0 atom stereocenters. The predicted octanol–water partition coefficient (Wildman–Crippen LogP) is 2.96. The molecule has 2 aromatic heterocycles. The van der Waals surface area contributed by atoms with Gasteiger partial charge in [0.05, 0.1) is 18.2 Å². The molecule has 3 nitrogen and oxygen atoms in total. The van der Waals surface area contributed by atoms with E-state index in [1.807, 2.05) is 19.2 Å². The predicted molar refractivity (Wildman–Crippen MR) is 63.1 cm³/mol. The van der Waals surface area contributed by atoms with Gasteiger partial charge in [0.25, 0.3) is 0 Å². The third kappa shape index (κ3) is 3.08. The molecule has 0 unspecified atom stereocenters. The van der Waals surface area contributed by atoms with Crippen LogP contribution in [0.1, 0.15) is 11.3 Å². The highest BCUT2D eigenvalue weighted by Crippen LogP contribution is 2.11. The van der Waals surface area contributed by atoms with Crippen LogP contribution in [0.5, 0.6) is 0 Å². The summed E-state index contributed by atoms with van der Waals surface area (Å²) in [4.78, 5) is 6.42. The molecule has 0 aliphatic heterocycles. The summed E-state index contributed by atoms with van der Waals surface area (Å²) in [5.74, 6) is 0. The summed E-state index contributed by atoms with van der Waals surface area (Å²) < 4.78 is 5.02. The lowest BCUT2D eigenvalue weighted by Crippen LogP contribution is -2.17. The van der Waals surface area contributed by atoms with Crippen molar-refractivity contribution in [3.63, 3.8) is 0 Å². The quantitative estimate of drug-likeness (QED) is 0.818. The van der Waals surface area contributed by atoms with Crippen LogP contribution >= 0.6 is 11.6 Å². The van der Waals surface area contributed by atoms with Crippen molar-refractivity contribution in [2.45, 2.75) is 13.1 Å². The minimum Gasteiger partial charge on any atom is -0.472 e. The molecule has 0 fully saturated rings. The van der Waals surface area contributed by atoms with E-state index in [0.29, 0.717) is 0 Å². The summed E-state index contributed by atoms with van der Waals surface area (Å²) in [6.07, 6.45) is 5.16. The monoisotopic (exact) mass is 236 g/mol. The molecule has 0 bridgehead atoms. The fourth-order valence-electron chi connectivity index (χ4n) is 1.56. The molecule has 0 aromatic carbocycles. The number of furan rings is 1. The van der Waals surface area contributed by atoms with Crippen molar-refractivity contribution in [2.24, 2.45) is 0 Å². The van der Waals surface area contributed by atoms with Crippen molar-refractivity contribution in [1.82, 2.24) is 9.88 Å². The third-order valence-corrected chi connectivity index (χ3v) is 2.48. The van der Waals surface area contributed by atoms with Gasteiger partial charge in [-0.05, 0) is 25.2 Å². The van der Waals surface area contributed by atoms with Gasteiger partial charge in [-0.3, -0.25) is 9.88 Å². The average molecular weight is 237 g/mol. The van der Waals surface area contributed by atoms with Gasteiger partial charge in [0.15, 0.2) is 0 Å². The molecule has 2 aromatic rings. The molecule has 0 amide bonds. The molecule has 4 heteroatoms. The van der Waals surface area contributed by atoms with E-state index in [0.717, 1.165) is 29.4 Å². The van der Waals surface area contributed by atoms with Crippen LogP contribution in [0.3, 0.4) is 0 Å². The number of hydrogen-bond acceptors (Lipinski definition) is 3. The van der Waals surface area contributed by atoms with Crippen molar-refractivity contribution < 1.29 is 4.42 Å². The molecule has 0 saturated carbocycles. The fourth-order valence-corrected chi connectivity index (χ4v) is 1.74. The second-order valence-corrected chi connectivity index (χ2v) is 4.21. The van der Waals surface area contributed by atoms with Crippen LogP contribution in [0.4, 0.5) is 0 Å². The first-order chi connectivity index (χ1) is 7.74. The molecular formula is C12H13ClN2O. The normalized spacial score (nSPS) is 10.9. The molecule has 0 saturated heterocycles. The Bertz CT molecular complexity index is 442. The van der Waals surface area contributed by atoms with Gasteiger partial charge >= 0.3 is 0 Å². The molecule has 84 valence electrons. The number of rotatable bonds is 4. The topological polar surface area (TPSA) is 29.3 Å². The molecule has 2 heterocycles. The van der Waals surface area contributed by atoms with Crippen molar-refractivity contribution in [3.05, 3.63) is 53.2 Å². The maximum absolute atomic E-state index is 5.90. The van der Waals surface area contributed by atoms with Crippen LogP contribution in [-0.4, -0.2) is 16.9 Å². The van der Waals surface area contributed by atoms with Crippen molar-refractivity contribution >= 4 is 11.6 Å². The van der Waals surface area contributed by atoms with E-state index in [1.165, 1.54) is 0 Å². The summed E-state index contributed by atoms with van der Waals surface area (Å²) in [6, 6.07) is 5.62. The van der Waals surface area contributed by atoms with Crippen molar-refractivity contribution in [1.29, 1.82) is 0 Å². The first-order valence-electron chi connectivity index (χ1n) is 5.04. The van der Waals surface area contributed by atoms with Crippen LogP contribution in [-0.2, 0) is 13.1 Å². The first kappa shape index (κ1) is 11.2. The van der Waals surface area contributed by atoms with Crippen LogP contribution < -0.4 is 0 Å².